The van der Waals surface area contributed by atoms with Gasteiger partial charge in [-0.15, -0.1) is 0 Å². The molecule has 2 nitrogen and oxygen atoms in total. The van der Waals surface area contributed by atoms with Crippen LogP contribution in [0.1, 0.15) is 11.1 Å². The summed E-state index contributed by atoms with van der Waals surface area (Å²) in [5.41, 5.74) is 6.03. The Labute approximate surface area is 126 Å². The quantitative estimate of drug-likeness (QED) is 0.343. The second-order valence-electron chi connectivity index (χ2n) is 6.05. The van der Waals surface area contributed by atoms with Gasteiger partial charge in [-0.1, -0.05) is 24.3 Å². The van der Waals surface area contributed by atoms with Crippen molar-refractivity contribution in [2.75, 3.05) is 0 Å². The zero-order valence-corrected chi connectivity index (χ0v) is 12.4. The highest BCUT2D eigenvalue weighted by Gasteiger charge is 2.13. The Hall–Kier alpha value is -2.74. The van der Waals surface area contributed by atoms with E-state index in [0.29, 0.717) is 0 Å². The van der Waals surface area contributed by atoms with E-state index >= 15 is 0 Å². The van der Waals surface area contributed by atoms with Gasteiger partial charge in [-0.2, -0.15) is 0 Å². The molecule has 3 aromatic carbocycles. The number of hydrogen-bond donors (Lipinski definition) is 0. The maximum absolute atomic E-state index is 6.00. The second kappa shape index (κ2) is 3.92. The molecule has 2 heterocycles. The first-order chi connectivity index (χ1) is 10.7. The first-order valence-corrected chi connectivity index (χ1v) is 7.45. The van der Waals surface area contributed by atoms with Crippen LogP contribution in [-0.4, -0.2) is 0 Å². The van der Waals surface area contributed by atoms with Crippen LogP contribution in [-0.2, 0) is 0 Å². The third-order valence-corrected chi connectivity index (χ3v) is 4.38. The molecule has 0 saturated carbocycles. The van der Waals surface area contributed by atoms with Crippen LogP contribution in [0.4, 0.5) is 0 Å². The fourth-order valence-electron chi connectivity index (χ4n) is 3.26. The van der Waals surface area contributed by atoms with Crippen LogP contribution in [0.2, 0.25) is 0 Å². The summed E-state index contributed by atoms with van der Waals surface area (Å²) in [5, 5.41) is 4.60. The fourth-order valence-corrected chi connectivity index (χ4v) is 3.26. The average molecular weight is 286 g/mol. The van der Waals surface area contributed by atoms with Gasteiger partial charge in [0, 0.05) is 27.6 Å². The number of fused-ring (bicyclic) bond motifs is 6. The number of aryl methyl sites for hydroxylation is 2. The number of hydrogen-bond acceptors (Lipinski definition) is 2. The molecule has 0 aliphatic heterocycles. The normalized spacial score (nSPS) is 12.1. The Morgan fingerprint density at radius 3 is 1.45 bits per heavy atom. The predicted molar refractivity (Wildman–Crippen MR) is 90.5 cm³/mol. The molecule has 0 radical (unpaired) electrons. The van der Waals surface area contributed by atoms with Gasteiger partial charge in [0.25, 0.3) is 0 Å². The van der Waals surface area contributed by atoms with Crippen molar-refractivity contribution in [1.82, 2.24) is 0 Å². The molecule has 22 heavy (non-hydrogen) atoms. The third kappa shape index (κ3) is 1.49. The topological polar surface area (TPSA) is 26.3 Å². The van der Waals surface area contributed by atoms with Crippen LogP contribution < -0.4 is 0 Å². The number of benzene rings is 3. The third-order valence-electron chi connectivity index (χ3n) is 4.38. The molecule has 2 aromatic heterocycles. The zero-order chi connectivity index (χ0) is 14.8. The number of rotatable bonds is 0. The van der Waals surface area contributed by atoms with Crippen LogP contribution in [0.15, 0.2) is 57.4 Å². The van der Waals surface area contributed by atoms with Gasteiger partial charge in [0.15, 0.2) is 0 Å². The van der Waals surface area contributed by atoms with E-state index in [1.807, 2.05) is 6.07 Å². The van der Waals surface area contributed by atoms with E-state index < -0.39 is 0 Å². The van der Waals surface area contributed by atoms with Crippen LogP contribution in [0, 0.1) is 13.8 Å². The molecule has 0 N–H and O–H groups in total. The Kier molecular flexibility index (Phi) is 2.11. The molecule has 0 fully saturated rings. The van der Waals surface area contributed by atoms with Crippen molar-refractivity contribution in [3.8, 4) is 0 Å². The standard InChI is InChI=1S/C20H14O2/c1-11-3-5-13-15-9-16-14-6-4-12(2)8-18(14)22-20(16)10-19(15)21-17(13)7-11/h3-10H,1-2H3. The Bertz CT molecular complexity index is 1100. The van der Waals surface area contributed by atoms with E-state index in [4.69, 9.17) is 8.83 Å². The second-order valence-corrected chi connectivity index (χ2v) is 6.05. The lowest BCUT2D eigenvalue weighted by Crippen LogP contribution is -1.71. The Morgan fingerprint density at radius 2 is 0.955 bits per heavy atom. The van der Waals surface area contributed by atoms with Crippen LogP contribution >= 0.6 is 0 Å². The SMILES string of the molecule is Cc1ccc2c(c1)oc1cc3oc4cc(C)ccc4c3cc12. The molecule has 0 aliphatic carbocycles. The van der Waals surface area contributed by atoms with Gasteiger partial charge in [-0.05, 0) is 43.2 Å². The molecule has 5 aromatic rings. The van der Waals surface area contributed by atoms with Crippen molar-refractivity contribution in [3.63, 3.8) is 0 Å². The van der Waals surface area contributed by atoms with Crippen molar-refractivity contribution in [3.05, 3.63) is 59.7 Å². The molecule has 106 valence electrons. The van der Waals surface area contributed by atoms with E-state index in [0.717, 1.165) is 43.9 Å². The Balaban J connectivity index is 1.97. The van der Waals surface area contributed by atoms with Gasteiger partial charge in [0.2, 0.25) is 0 Å². The zero-order valence-electron chi connectivity index (χ0n) is 12.4. The maximum Gasteiger partial charge on any atom is 0.139 e. The molecule has 0 saturated heterocycles. The minimum atomic E-state index is 0.879. The van der Waals surface area contributed by atoms with Crippen LogP contribution in [0.5, 0.6) is 0 Å². The lowest BCUT2D eigenvalue weighted by Gasteiger charge is -1.93. The maximum atomic E-state index is 6.00. The fraction of sp³-hybridized carbons (Fsp3) is 0.100. The molecule has 0 aliphatic rings. The van der Waals surface area contributed by atoms with Gasteiger partial charge >= 0.3 is 0 Å². The van der Waals surface area contributed by atoms with Gasteiger partial charge in [0.1, 0.15) is 22.3 Å². The van der Waals surface area contributed by atoms with Gasteiger partial charge in [0.05, 0.1) is 0 Å². The minimum absolute atomic E-state index is 0.879. The Morgan fingerprint density at radius 1 is 0.500 bits per heavy atom. The summed E-state index contributed by atoms with van der Waals surface area (Å²) >= 11 is 0. The van der Waals surface area contributed by atoms with E-state index in [1.165, 1.54) is 11.1 Å². The summed E-state index contributed by atoms with van der Waals surface area (Å²) in [5.74, 6) is 0. The van der Waals surface area contributed by atoms with E-state index in [2.05, 4.69) is 56.3 Å². The van der Waals surface area contributed by atoms with Crippen molar-refractivity contribution in [2.45, 2.75) is 13.8 Å². The van der Waals surface area contributed by atoms with Gasteiger partial charge < -0.3 is 8.83 Å². The van der Waals surface area contributed by atoms with Crippen LogP contribution in [0.25, 0.3) is 43.9 Å². The summed E-state index contributed by atoms with van der Waals surface area (Å²) in [6.07, 6.45) is 0. The summed E-state index contributed by atoms with van der Waals surface area (Å²) in [6, 6.07) is 16.9. The average Bonchev–Trinajstić information content (AvgIpc) is 3.00. The van der Waals surface area contributed by atoms with Crippen molar-refractivity contribution in [2.24, 2.45) is 0 Å². The molecule has 0 bridgehead atoms. The number of furan rings is 2. The summed E-state index contributed by atoms with van der Waals surface area (Å²) in [4.78, 5) is 0. The molecule has 0 spiro atoms. The largest absolute Gasteiger partial charge is 0.456 e. The monoisotopic (exact) mass is 286 g/mol. The van der Waals surface area contributed by atoms with Crippen molar-refractivity contribution in [1.29, 1.82) is 0 Å². The molecular formula is C20H14O2. The highest BCUT2D eigenvalue weighted by atomic mass is 16.3. The van der Waals surface area contributed by atoms with E-state index in [1.54, 1.807) is 0 Å². The highest BCUT2D eigenvalue weighted by Crippen LogP contribution is 2.36. The van der Waals surface area contributed by atoms with E-state index in [-0.39, 0.29) is 0 Å². The first kappa shape index (κ1) is 11.9. The molecule has 2 heteroatoms. The molecular weight excluding hydrogens is 272 g/mol. The lowest BCUT2D eigenvalue weighted by molar-refractivity contribution is 0.656. The van der Waals surface area contributed by atoms with Gasteiger partial charge in [-0.25, -0.2) is 0 Å². The minimum Gasteiger partial charge on any atom is -0.456 e. The van der Waals surface area contributed by atoms with Crippen molar-refractivity contribution >= 4 is 43.9 Å². The highest BCUT2D eigenvalue weighted by molar-refractivity contribution is 6.15. The van der Waals surface area contributed by atoms with E-state index in [9.17, 15) is 0 Å². The molecule has 0 amide bonds. The smallest absolute Gasteiger partial charge is 0.139 e. The van der Waals surface area contributed by atoms with Gasteiger partial charge in [-0.3, -0.25) is 0 Å². The summed E-state index contributed by atoms with van der Waals surface area (Å²) < 4.78 is 12.0. The van der Waals surface area contributed by atoms with Crippen LogP contribution in [0.3, 0.4) is 0 Å². The molecule has 5 rings (SSSR count). The summed E-state index contributed by atoms with van der Waals surface area (Å²) in [7, 11) is 0. The summed E-state index contributed by atoms with van der Waals surface area (Å²) in [6.45, 7) is 4.16. The van der Waals surface area contributed by atoms with Crippen molar-refractivity contribution < 1.29 is 8.83 Å². The lowest BCUT2D eigenvalue weighted by atomic mass is 10.1. The molecule has 0 atom stereocenters. The predicted octanol–water partition coefficient (Wildman–Crippen LogP) is 6.10. The first-order valence-electron chi connectivity index (χ1n) is 7.45. The molecule has 0 unspecified atom stereocenters.